The molecule has 2 aliphatic rings. The summed E-state index contributed by atoms with van der Waals surface area (Å²) in [5.41, 5.74) is 5.88. The maximum Gasteiger partial charge on any atom is 0.410 e. The first-order chi connectivity index (χ1) is 15.1. The molecule has 0 unspecified atom stereocenters. The second-order valence-corrected chi connectivity index (χ2v) is 9.64. The number of carbonyl (C=O) groups excluding carboxylic acids is 2. The standard InChI is InChI=1S/C23H34N6O3/c1-23(2,3)32-22(31)29(4)14-19(30)26-18-7-5-6-15(12-18)8-9-16-13-25-21(24)28-20(16)27-17-10-11-17/h13,15,17-18H,5-7,10-12,14H2,1-4H3,(H,26,30)(H3,24,25,27,28)/t15-,18-/m0/s1. The highest BCUT2D eigenvalue weighted by molar-refractivity contribution is 5.82. The molecule has 0 bridgehead atoms. The zero-order chi connectivity index (χ0) is 23.3. The minimum atomic E-state index is -0.597. The molecule has 2 saturated carbocycles. The van der Waals surface area contributed by atoms with E-state index >= 15 is 0 Å². The van der Waals surface area contributed by atoms with Gasteiger partial charge in [-0.25, -0.2) is 9.78 Å². The van der Waals surface area contributed by atoms with Crippen molar-refractivity contribution >= 4 is 23.8 Å². The molecule has 9 nitrogen and oxygen atoms in total. The number of ether oxygens (including phenoxy) is 1. The summed E-state index contributed by atoms with van der Waals surface area (Å²) < 4.78 is 5.29. The lowest BCUT2D eigenvalue weighted by Gasteiger charge is -2.28. The molecule has 2 amide bonds. The van der Waals surface area contributed by atoms with Crippen LogP contribution in [0.4, 0.5) is 16.6 Å². The third-order valence-corrected chi connectivity index (χ3v) is 5.26. The van der Waals surface area contributed by atoms with Crippen LogP contribution in [0.25, 0.3) is 0 Å². The molecule has 0 spiro atoms. The van der Waals surface area contributed by atoms with Crippen molar-refractivity contribution < 1.29 is 14.3 Å². The van der Waals surface area contributed by atoms with E-state index < -0.39 is 11.7 Å². The molecular weight excluding hydrogens is 408 g/mol. The molecule has 32 heavy (non-hydrogen) atoms. The molecule has 3 rings (SSSR count). The van der Waals surface area contributed by atoms with E-state index in [4.69, 9.17) is 10.5 Å². The van der Waals surface area contributed by atoms with Crippen molar-refractivity contribution in [3.8, 4) is 11.8 Å². The Morgan fingerprint density at radius 3 is 2.69 bits per heavy atom. The Labute approximate surface area is 189 Å². The van der Waals surface area contributed by atoms with Crippen LogP contribution in [0.2, 0.25) is 0 Å². The van der Waals surface area contributed by atoms with Gasteiger partial charge in [0.15, 0.2) is 0 Å². The van der Waals surface area contributed by atoms with Crippen molar-refractivity contribution in [1.29, 1.82) is 0 Å². The van der Waals surface area contributed by atoms with E-state index in [2.05, 4.69) is 32.4 Å². The van der Waals surface area contributed by atoms with Crippen LogP contribution in [0.15, 0.2) is 6.20 Å². The van der Waals surface area contributed by atoms with Crippen molar-refractivity contribution in [2.45, 2.75) is 77.0 Å². The van der Waals surface area contributed by atoms with E-state index in [1.165, 1.54) is 4.90 Å². The van der Waals surface area contributed by atoms with Crippen LogP contribution >= 0.6 is 0 Å². The van der Waals surface area contributed by atoms with E-state index in [1.807, 2.05) is 0 Å². The molecule has 9 heteroatoms. The second-order valence-electron chi connectivity index (χ2n) is 9.64. The van der Waals surface area contributed by atoms with Crippen LogP contribution in [-0.4, -0.2) is 58.1 Å². The van der Waals surface area contributed by atoms with Gasteiger partial charge in [-0.2, -0.15) is 4.98 Å². The van der Waals surface area contributed by atoms with Gasteiger partial charge in [-0.1, -0.05) is 18.3 Å². The normalized spacial score (nSPS) is 20.5. The van der Waals surface area contributed by atoms with Crippen molar-refractivity contribution in [2.24, 2.45) is 5.92 Å². The Balaban J connectivity index is 1.53. The Hall–Kier alpha value is -3.02. The first kappa shape index (κ1) is 23.6. The minimum absolute atomic E-state index is 0.0364. The first-order valence-corrected chi connectivity index (χ1v) is 11.2. The first-order valence-electron chi connectivity index (χ1n) is 11.2. The summed E-state index contributed by atoms with van der Waals surface area (Å²) in [5, 5.41) is 6.40. The summed E-state index contributed by atoms with van der Waals surface area (Å²) in [6, 6.07) is 0.479. The Morgan fingerprint density at radius 2 is 2.00 bits per heavy atom. The van der Waals surface area contributed by atoms with Gasteiger partial charge < -0.3 is 26.0 Å². The number of amides is 2. The molecule has 0 aromatic carbocycles. The van der Waals surface area contributed by atoms with Crippen molar-refractivity contribution in [1.82, 2.24) is 20.2 Å². The van der Waals surface area contributed by atoms with Crippen LogP contribution in [-0.2, 0) is 9.53 Å². The molecule has 1 aromatic heterocycles. The van der Waals surface area contributed by atoms with Crippen LogP contribution in [0.5, 0.6) is 0 Å². The molecule has 1 aromatic rings. The molecule has 0 aliphatic heterocycles. The van der Waals surface area contributed by atoms with E-state index in [0.29, 0.717) is 11.9 Å². The number of nitrogens with two attached hydrogens (primary N) is 1. The van der Waals surface area contributed by atoms with Gasteiger partial charge in [0.25, 0.3) is 0 Å². The summed E-state index contributed by atoms with van der Waals surface area (Å²) in [7, 11) is 1.56. The molecule has 0 radical (unpaired) electrons. The number of hydrogen-bond acceptors (Lipinski definition) is 7. The summed E-state index contributed by atoms with van der Waals surface area (Å²) in [6.45, 7) is 5.34. The van der Waals surface area contributed by atoms with Crippen LogP contribution in [0, 0.1) is 17.8 Å². The van der Waals surface area contributed by atoms with E-state index in [-0.39, 0.29) is 30.4 Å². The summed E-state index contributed by atoms with van der Waals surface area (Å²) in [6.07, 6.45) is 7.05. The third-order valence-electron chi connectivity index (χ3n) is 5.26. The van der Waals surface area contributed by atoms with Gasteiger partial charge in [-0.05, 0) is 52.9 Å². The minimum Gasteiger partial charge on any atom is -0.444 e. The van der Waals surface area contributed by atoms with Gasteiger partial charge in [-0.15, -0.1) is 0 Å². The highest BCUT2D eigenvalue weighted by Gasteiger charge is 2.25. The predicted octanol–water partition coefficient (Wildman–Crippen LogP) is 2.53. The van der Waals surface area contributed by atoms with Gasteiger partial charge in [0, 0.05) is 25.0 Å². The van der Waals surface area contributed by atoms with Gasteiger partial charge in [0.1, 0.15) is 18.0 Å². The SMILES string of the molecule is CN(CC(=O)N[C@H]1CCC[C@@H](C#Cc2cnc(N)nc2NC2CC2)C1)C(=O)OC(C)(C)C. The van der Waals surface area contributed by atoms with Gasteiger partial charge in [-0.3, -0.25) is 4.79 Å². The predicted molar refractivity (Wildman–Crippen MR) is 123 cm³/mol. The smallest absolute Gasteiger partial charge is 0.410 e. The number of aromatic nitrogens is 2. The molecule has 2 atom stereocenters. The fourth-order valence-electron chi connectivity index (χ4n) is 3.54. The molecule has 174 valence electrons. The average Bonchev–Trinajstić information content (AvgIpc) is 3.50. The Kier molecular flexibility index (Phi) is 7.44. The highest BCUT2D eigenvalue weighted by atomic mass is 16.6. The largest absolute Gasteiger partial charge is 0.444 e. The van der Waals surface area contributed by atoms with Gasteiger partial charge >= 0.3 is 6.09 Å². The topological polar surface area (TPSA) is 122 Å². The van der Waals surface area contributed by atoms with E-state index in [0.717, 1.165) is 44.1 Å². The molecule has 1 heterocycles. The molecule has 2 aliphatic carbocycles. The maximum absolute atomic E-state index is 12.4. The van der Waals surface area contributed by atoms with E-state index in [9.17, 15) is 9.59 Å². The fourth-order valence-corrected chi connectivity index (χ4v) is 3.54. The number of hydrogen-bond donors (Lipinski definition) is 3. The summed E-state index contributed by atoms with van der Waals surface area (Å²) in [5.74, 6) is 7.44. The van der Waals surface area contributed by atoms with Crippen molar-refractivity contribution in [3.05, 3.63) is 11.8 Å². The highest BCUT2D eigenvalue weighted by Crippen LogP contribution is 2.26. The maximum atomic E-state index is 12.4. The van der Waals surface area contributed by atoms with Crippen LogP contribution in [0.1, 0.15) is 64.9 Å². The molecule has 4 N–H and O–H groups in total. The number of nitrogens with zero attached hydrogens (tertiary/aromatic N) is 3. The summed E-state index contributed by atoms with van der Waals surface area (Å²) in [4.78, 5) is 34.1. The molecule has 2 fully saturated rings. The lowest BCUT2D eigenvalue weighted by molar-refractivity contribution is -0.123. The quantitative estimate of drug-likeness (QED) is 0.599. The number of nitrogens with one attached hydrogen (secondary N) is 2. The second kappa shape index (κ2) is 10.1. The van der Waals surface area contributed by atoms with Crippen molar-refractivity contribution in [3.63, 3.8) is 0 Å². The lowest BCUT2D eigenvalue weighted by Crippen LogP contribution is -2.45. The number of rotatable bonds is 5. The third kappa shape index (κ3) is 7.59. The van der Waals surface area contributed by atoms with Crippen LogP contribution in [0.3, 0.4) is 0 Å². The summed E-state index contributed by atoms with van der Waals surface area (Å²) >= 11 is 0. The number of nitrogen functional groups attached to an aromatic ring is 1. The number of carbonyl (C=O) groups is 2. The average molecular weight is 443 g/mol. The fraction of sp³-hybridized carbons (Fsp3) is 0.652. The number of anilines is 2. The van der Waals surface area contributed by atoms with Crippen LogP contribution < -0.4 is 16.4 Å². The monoisotopic (exact) mass is 442 g/mol. The molecule has 0 saturated heterocycles. The van der Waals surface area contributed by atoms with E-state index in [1.54, 1.807) is 34.0 Å². The van der Waals surface area contributed by atoms with Gasteiger partial charge in [0.05, 0.1) is 11.8 Å². The Bertz CT molecular complexity index is 897. The van der Waals surface area contributed by atoms with Crippen molar-refractivity contribution in [2.75, 3.05) is 24.6 Å². The zero-order valence-electron chi connectivity index (χ0n) is 19.4. The van der Waals surface area contributed by atoms with Gasteiger partial charge in [0.2, 0.25) is 11.9 Å². The lowest BCUT2D eigenvalue weighted by atomic mass is 9.86. The zero-order valence-corrected chi connectivity index (χ0v) is 19.4. The Morgan fingerprint density at radius 1 is 1.25 bits per heavy atom. The molecular formula is C23H34N6O3. The number of likely N-dealkylation sites (N-methyl/N-ethyl adjacent to an activating group) is 1.